The lowest BCUT2D eigenvalue weighted by Gasteiger charge is -1.96. The van der Waals surface area contributed by atoms with Crippen molar-refractivity contribution in [1.82, 2.24) is 0 Å². The first-order valence-electron chi connectivity index (χ1n) is 8.23. The van der Waals surface area contributed by atoms with Gasteiger partial charge in [0.15, 0.2) is 0 Å². The maximum absolute atomic E-state index is 2.32. The van der Waals surface area contributed by atoms with Crippen LogP contribution in [0.5, 0.6) is 0 Å². The third kappa shape index (κ3) is 15.5. The maximum atomic E-state index is 2.32. The average molecular weight is 250 g/mol. The predicted molar refractivity (Wildman–Crippen MR) is 85.0 cm³/mol. The maximum Gasteiger partial charge on any atom is -0.0348 e. The quantitative estimate of drug-likeness (QED) is 0.248. The van der Waals surface area contributed by atoms with Gasteiger partial charge in [0.25, 0.3) is 0 Å². The van der Waals surface area contributed by atoms with E-state index in [9.17, 15) is 0 Å². The fraction of sp³-hybridized carbons (Fsp3) is 0.778. The number of hydrogen-bond acceptors (Lipinski definition) is 0. The average Bonchev–Trinajstić information content (AvgIpc) is 2.39. The summed E-state index contributed by atoms with van der Waals surface area (Å²) in [6.07, 6.45) is 25.5. The molecule has 0 heterocycles. The van der Waals surface area contributed by atoms with Crippen molar-refractivity contribution in [2.75, 3.05) is 0 Å². The number of rotatable bonds is 13. The van der Waals surface area contributed by atoms with E-state index in [-0.39, 0.29) is 0 Å². The van der Waals surface area contributed by atoms with E-state index in [4.69, 9.17) is 0 Å². The van der Waals surface area contributed by atoms with Crippen molar-refractivity contribution in [2.24, 2.45) is 0 Å². The standard InChI is InChI=1S/C18H34/c1-3-5-7-9-11-13-15-17-18-16-14-12-10-8-6-4-2/h15-18H,3-14H2,1-2H3/b17-15-,18-16?. The Balaban J connectivity index is 3.15. The highest BCUT2D eigenvalue weighted by Crippen LogP contribution is 2.06. The summed E-state index contributed by atoms with van der Waals surface area (Å²) >= 11 is 0. The summed E-state index contributed by atoms with van der Waals surface area (Å²) in [6, 6.07) is 0. The molecule has 0 aliphatic heterocycles. The summed E-state index contributed by atoms with van der Waals surface area (Å²) in [5.41, 5.74) is 0. The minimum atomic E-state index is 1.25. The molecule has 0 radical (unpaired) electrons. The van der Waals surface area contributed by atoms with Crippen LogP contribution in [0.25, 0.3) is 0 Å². The van der Waals surface area contributed by atoms with E-state index >= 15 is 0 Å². The SMILES string of the molecule is CCCCCCCC=C/C=C\CCCCCCC. The third-order valence-corrected chi connectivity index (χ3v) is 3.33. The third-order valence-electron chi connectivity index (χ3n) is 3.33. The Labute approximate surface area is 116 Å². The molecule has 0 aromatic heterocycles. The van der Waals surface area contributed by atoms with Gasteiger partial charge in [0.05, 0.1) is 0 Å². The minimum absolute atomic E-state index is 1.25. The minimum Gasteiger partial charge on any atom is -0.0845 e. The van der Waals surface area contributed by atoms with E-state index in [1.165, 1.54) is 77.0 Å². The van der Waals surface area contributed by atoms with Gasteiger partial charge in [0, 0.05) is 0 Å². The molecule has 0 spiro atoms. The zero-order valence-corrected chi connectivity index (χ0v) is 12.8. The second-order valence-corrected chi connectivity index (χ2v) is 5.26. The molecule has 0 aromatic carbocycles. The molecule has 106 valence electrons. The highest BCUT2D eigenvalue weighted by Gasteiger charge is 1.86. The highest BCUT2D eigenvalue weighted by atomic mass is 13.9. The van der Waals surface area contributed by atoms with Gasteiger partial charge in [0.2, 0.25) is 0 Å². The van der Waals surface area contributed by atoms with Crippen molar-refractivity contribution >= 4 is 0 Å². The van der Waals surface area contributed by atoms with E-state index in [2.05, 4.69) is 38.2 Å². The first-order chi connectivity index (χ1) is 8.91. The normalized spacial score (nSPS) is 11.9. The van der Waals surface area contributed by atoms with Crippen molar-refractivity contribution < 1.29 is 0 Å². The Morgan fingerprint density at radius 1 is 0.500 bits per heavy atom. The summed E-state index contributed by atoms with van der Waals surface area (Å²) < 4.78 is 0. The number of unbranched alkanes of at least 4 members (excludes halogenated alkanes) is 10. The Bertz CT molecular complexity index is 166. The lowest BCUT2D eigenvalue weighted by Crippen LogP contribution is -1.76. The molecule has 0 fully saturated rings. The van der Waals surface area contributed by atoms with Crippen molar-refractivity contribution in [3.8, 4) is 0 Å². The molecular weight excluding hydrogens is 216 g/mol. The molecular formula is C18H34. The summed E-state index contributed by atoms with van der Waals surface area (Å²) in [6.45, 7) is 4.54. The largest absolute Gasteiger partial charge is 0.0845 e. The first kappa shape index (κ1) is 17.5. The van der Waals surface area contributed by atoms with Gasteiger partial charge in [0.1, 0.15) is 0 Å². The summed E-state index contributed by atoms with van der Waals surface area (Å²) in [5, 5.41) is 0. The van der Waals surface area contributed by atoms with Crippen molar-refractivity contribution in [1.29, 1.82) is 0 Å². The van der Waals surface area contributed by atoms with Gasteiger partial charge in [-0.3, -0.25) is 0 Å². The van der Waals surface area contributed by atoms with Crippen LogP contribution in [0.1, 0.15) is 90.9 Å². The highest BCUT2D eigenvalue weighted by molar-refractivity contribution is 5.02. The number of allylic oxidation sites excluding steroid dienone is 4. The molecule has 0 aromatic rings. The van der Waals surface area contributed by atoms with Crippen molar-refractivity contribution in [3.63, 3.8) is 0 Å². The van der Waals surface area contributed by atoms with Crippen LogP contribution in [0.15, 0.2) is 24.3 Å². The second-order valence-electron chi connectivity index (χ2n) is 5.26. The lowest BCUT2D eigenvalue weighted by molar-refractivity contribution is 0.637. The van der Waals surface area contributed by atoms with Crippen molar-refractivity contribution in [2.45, 2.75) is 90.9 Å². The van der Waals surface area contributed by atoms with Gasteiger partial charge in [-0.15, -0.1) is 0 Å². The molecule has 0 aliphatic rings. The smallest absolute Gasteiger partial charge is 0.0348 e. The molecule has 0 bridgehead atoms. The number of hydrogen-bond donors (Lipinski definition) is 0. The molecule has 0 heteroatoms. The lowest BCUT2D eigenvalue weighted by atomic mass is 10.1. The molecule has 18 heavy (non-hydrogen) atoms. The predicted octanol–water partition coefficient (Wildman–Crippen LogP) is 6.82. The van der Waals surface area contributed by atoms with Gasteiger partial charge in [-0.25, -0.2) is 0 Å². The van der Waals surface area contributed by atoms with Crippen LogP contribution in [0.2, 0.25) is 0 Å². The molecule has 0 saturated carbocycles. The van der Waals surface area contributed by atoms with Crippen LogP contribution in [0, 0.1) is 0 Å². The van der Waals surface area contributed by atoms with Crippen LogP contribution in [-0.4, -0.2) is 0 Å². The van der Waals surface area contributed by atoms with E-state index in [0.29, 0.717) is 0 Å². The fourth-order valence-corrected chi connectivity index (χ4v) is 2.08. The van der Waals surface area contributed by atoms with Crippen molar-refractivity contribution in [3.05, 3.63) is 24.3 Å². The zero-order valence-electron chi connectivity index (χ0n) is 12.8. The molecule has 0 unspecified atom stereocenters. The van der Waals surface area contributed by atoms with Crippen LogP contribution >= 0.6 is 0 Å². The Morgan fingerprint density at radius 3 is 1.28 bits per heavy atom. The molecule has 0 nitrogen and oxygen atoms in total. The zero-order chi connectivity index (χ0) is 13.3. The Kier molecular flexibility index (Phi) is 16.0. The molecule has 0 atom stereocenters. The van der Waals surface area contributed by atoms with E-state index < -0.39 is 0 Å². The van der Waals surface area contributed by atoms with E-state index in [0.717, 1.165) is 0 Å². The van der Waals surface area contributed by atoms with Gasteiger partial charge in [-0.2, -0.15) is 0 Å². The summed E-state index contributed by atoms with van der Waals surface area (Å²) in [7, 11) is 0. The van der Waals surface area contributed by atoms with Gasteiger partial charge >= 0.3 is 0 Å². The fourth-order valence-electron chi connectivity index (χ4n) is 2.08. The van der Waals surface area contributed by atoms with Crippen LogP contribution in [-0.2, 0) is 0 Å². The Hall–Kier alpha value is -0.520. The van der Waals surface area contributed by atoms with Crippen LogP contribution in [0.4, 0.5) is 0 Å². The molecule has 0 rings (SSSR count). The summed E-state index contributed by atoms with van der Waals surface area (Å²) in [4.78, 5) is 0. The van der Waals surface area contributed by atoms with E-state index in [1.807, 2.05) is 0 Å². The molecule has 0 aliphatic carbocycles. The monoisotopic (exact) mass is 250 g/mol. The van der Waals surface area contributed by atoms with E-state index in [1.54, 1.807) is 0 Å². The Morgan fingerprint density at radius 2 is 0.889 bits per heavy atom. The second kappa shape index (κ2) is 16.5. The first-order valence-corrected chi connectivity index (χ1v) is 8.23. The van der Waals surface area contributed by atoms with Gasteiger partial charge in [-0.05, 0) is 25.7 Å². The molecule has 0 N–H and O–H groups in total. The van der Waals surface area contributed by atoms with Gasteiger partial charge in [-0.1, -0.05) is 89.5 Å². The van der Waals surface area contributed by atoms with Gasteiger partial charge < -0.3 is 0 Å². The van der Waals surface area contributed by atoms with Crippen LogP contribution < -0.4 is 0 Å². The molecule has 0 amide bonds. The van der Waals surface area contributed by atoms with Crippen LogP contribution in [0.3, 0.4) is 0 Å². The summed E-state index contributed by atoms with van der Waals surface area (Å²) in [5.74, 6) is 0. The molecule has 0 saturated heterocycles. The topological polar surface area (TPSA) is 0 Å².